The van der Waals surface area contributed by atoms with Crippen LogP contribution in [-0.4, -0.2) is 15.2 Å². The molecule has 0 aliphatic rings. The quantitative estimate of drug-likeness (QED) is 0.564. The summed E-state index contributed by atoms with van der Waals surface area (Å²) in [6.45, 7) is 6.27. The van der Waals surface area contributed by atoms with Crippen LogP contribution in [0.3, 0.4) is 0 Å². The zero-order chi connectivity index (χ0) is 9.40. The summed E-state index contributed by atoms with van der Waals surface area (Å²) < 4.78 is 11.3. The van der Waals surface area contributed by atoms with Crippen molar-refractivity contribution in [1.29, 1.82) is 0 Å². The third-order valence-electron chi connectivity index (χ3n) is 1.97. The molecule has 74 valence electrons. The second kappa shape index (κ2) is 7.78. The Balaban J connectivity index is 3.14. The molecule has 2 heteroatoms. The van der Waals surface area contributed by atoms with Gasteiger partial charge in [-0.1, -0.05) is 46.5 Å². The summed E-state index contributed by atoms with van der Waals surface area (Å²) in [5.41, 5.74) is 0. The van der Waals surface area contributed by atoms with Crippen molar-refractivity contribution in [3.8, 4) is 0 Å². The minimum absolute atomic E-state index is 0.344. The molecule has 0 rings (SSSR count). The van der Waals surface area contributed by atoms with Crippen LogP contribution in [0, 0.1) is 0 Å². The van der Waals surface area contributed by atoms with Gasteiger partial charge in [0, 0.05) is 21.8 Å². The highest BCUT2D eigenvalue weighted by Crippen LogP contribution is 2.05. The molecule has 0 aromatic rings. The normalized spacial score (nSPS) is 13.7. The van der Waals surface area contributed by atoms with Crippen molar-refractivity contribution in [1.82, 2.24) is 0 Å². The molecule has 0 aliphatic heterocycles. The van der Waals surface area contributed by atoms with E-state index >= 15 is 0 Å². The average molecular weight is 190 g/mol. The van der Waals surface area contributed by atoms with Crippen molar-refractivity contribution in [3.63, 3.8) is 0 Å². The maximum Gasteiger partial charge on any atom is 0.0291 e. The largest absolute Gasteiger partial charge is 0.259 e. The van der Waals surface area contributed by atoms with E-state index < -0.39 is 10.8 Å². The highest BCUT2D eigenvalue weighted by molar-refractivity contribution is 7.85. The number of hydrogen-bond donors (Lipinski definition) is 0. The first-order chi connectivity index (χ1) is 5.68. The van der Waals surface area contributed by atoms with Crippen LogP contribution in [-0.2, 0) is 10.8 Å². The lowest BCUT2D eigenvalue weighted by Gasteiger charge is -2.04. The number of hydrogen-bond acceptors (Lipinski definition) is 1. The summed E-state index contributed by atoms with van der Waals surface area (Å²) in [7, 11) is -0.577. The Labute approximate surface area is 79.4 Å². The molecule has 1 unspecified atom stereocenters. The lowest BCUT2D eigenvalue weighted by atomic mass is 10.2. The summed E-state index contributed by atoms with van der Waals surface area (Å²) >= 11 is 0. The minimum atomic E-state index is -0.577. The van der Waals surface area contributed by atoms with Crippen LogP contribution < -0.4 is 0 Å². The second-order valence-corrected chi connectivity index (χ2v) is 5.66. The Morgan fingerprint density at radius 3 is 2.17 bits per heavy atom. The monoisotopic (exact) mass is 190 g/mol. The van der Waals surface area contributed by atoms with Gasteiger partial charge in [-0.3, -0.25) is 4.21 Å². The van der Waals surface area contributed by atoms with E-state index in [1.807, 2.05) is 13.8 Å². The molecular weight excluding hydrogens is 168 g/mol. The number of rotatable bonds is 7. The molecule has 0 amide bonds. The third kappa shape index (κ3) is 6.84. The molecule has 0 aromatic carbocycles. The Morgan fingerprint density at radius 1 is 1.08 bits per heavy atom. The Hall–Kier alpha value is 0.150. The van der Waals surface area contributed by atoms with Crippen molar-refractivity contribution in [3.05, 3.63) is 0 Å². The first-order valence-electron chi connectivity index (χ1n) is 5.05. The molecule has 12 heavy (non-hydrogen) atoms. The minimum Gasteiger partial charge on any atom is -0.259 e. The van der Waals surface area contributed by atoms with Crippen LogP contribution in [0.25, 0.3) is 0 Å². The molecule has 0 N–H and O–H groups in total. The van der Waals surface area contributed by atoms with Gasteiger partial charge in [-0.05, 0) is 6.42 Å². The Morgan fingerprint density at radius 2 is 1.67 bits per heavy atom. The highest BCUT2D eigenvalue weighted by atomic mass is 32.2. The van der Waals surface area contributed by atoms with E-state index in [2.05, 4.69) is 6.92 Å². The molecule has 0 bridgehead atoms. The van der Waals surface area contributed by atoms with E-state index in [1.165, 1.54) is 25.7 Å². The molecule has 0 saturated carbocycles. The molecule has 0 aromatic heterocycles. The van der Waals surface area contributed by atoms with Crippen LogP contribution in [0.4, 0.5) is 0 Å². The van der Waals surface area contributed by atoms with Gasteiger partial charge in [-0.2, -0.15) is 0 Å². The van der Waals surface area contributed by atoms with Gasteiger partial charge < -0.3 is 0 Å². The van der Waals surface area contributed by atoms with Gasteiger partial charge in [0.25, 0.3) is 0 Å². The van der Waals surface area contributed by atoms with Crippen molar-refractivity contribution in [2.45, 2.75) is 58.1 Å². The maximum absolute atomic E-state index is 11.3. The first kappa shape index (κ1) is 12.2. The predicted molar refractivity (Wildman–Crippen MR) is 56.9 cm³/mol. The molecule has 0 radical (unpaired) electrons. The second-order valence-electron chi connectivity index (χ2n) is 3.55. The van der Waals surface area contributed by atoms with Crippen LogP contribution in [0.1, 0.15) is 52.9 Å². The Bertz CT molecular complexity index is 121. The van der Waals surface area contributed by atoms with Gasteiger partial charge in [0.2, 0.25) is 0 Å². The molecule has 0 fully saturated rings. The van der Waals surface area contributed by atoms with Gasteiger partial charge >= 0.3 is 0 Å². The molecule has 0 heterocycles. The van der Waals surface area contributed by atoms with Gasteiger partial charge in [-0.25, -0.2) is 0 Å². The summed E-state index contributed by atoms with van der Waals surface area (Å²) in [5, 5.41) is 0.344. The molecule has 0 spiro atoms. The van der Waals surface area contributed by atoms with E-state index in [0.717, 1.165) is 12.2 Å². The van der Waals surface area contributed by atoms with Crippen molar-refractivity contribution in [2.24, 2.45) is 0 Å². The van der Waals surface area contributed by atoms with Crippen molar-refractivity contribution in [2.75, 3.05) is 5.75 Å². The summed E-state index contributed by atoms with van der Waals surface area (Å²) in [5.74, 6) is 0.904. The lowest BCUT2D eigenvalue weighted by molar-refractivity contribution is 0.645. The Kier molecular flexibility index (Phi) is 7.88. The fourth-order valence-electron chi connectivity index (χ4n) is 1.08. The maximum atomic E-state index is 11.3. The van der Waals surface area contributed by atoms with E-state index in [-0.39, 0.29) is 0 Å². The summed E-state index contributed by atoms with van der Waals surface area (Å²) in [4.78, 5) is 0. The molecule has 0 aliphatic carbocycles. The SMILES string of the molecule is CCCCCCCS(=O)C(C)C. The number of unbranched alkanes of at least 4 members (excludes halogenated alkanes) is 4. The first-order valence-corrected chi connectivity index (χ1v) is 6.43. The van der Waals surface area contributed by atoms with Crippen LogP contribution in [0.15, 0.2) is 0 Å². The molecule has 1 nitrogen and oxygen atoms in total. The van der Waals surface area contributed by atoms with Gasteiger partial charge in [0.15, 0.2) is 0 Å². The molecule has 1 atom stereocenters. The fourth-order valence-corrected chi connectivity index (χ4v) is 2.04. The van der Waals surface area contributed by atoms with Crippen molar-refractivity contribution >= 4 is 10.8 Å². The standard InChI is InChI=1S/C10H22OS/c1-4-5-6-7-8-9-12(11)10(2)3/h10H,4-9H2,1-3H3. The van der Waals surface area contributed by atoms with E-state index in [9.17, 15) is 4.21 Å². The third-order valence-corrected chi connectivity index (χ3v) is 3.72. The van der Waals surface area contributed by atoms with Gasteiger partial charge in [0.05, 0.1) is 0 Å². The predicted octanol–water partition coefficient (Wildman–Crippen LogP) is 3.11. The zero-order valence-corrected chi connectivity index (χ0v) is 9.45. The van der Waals surface area contributed by atoms with Crippen LogP contribution in [0.5, 0.6) is 0 Å². The van der Waals surface area contributed by atoms with Crippen LogP contribution >= 0.6 is 0 Å². The van der Waals surface area contributed by atoms with Gasteiger partial charge in [0.1, 0.15) is 0 Å². The highest BCUT2D eigenvalue weighted by Gasteiger charge is 2.03. The smallest absolute Gasteiger partial charge is 0.0291 e. The van der Waals surface area contributed by atoms with Crippen molar-refractivity contribution < 1.29 is 4.21 Å². The fraction of sp³-hybridized carbons (Fsp3) is 1.00. The van der Waals surface area contributed by atoms with Crippen LogP contribution in [0.2, 0.25) is 0 Å². The van der Waals surface area contributed by atoms with Gasteiger partial charge in [-0.15, -0.1) is 0 Å². The summed E-state index contributed by atoms with van der Waals surface area (Å²) in [6, 6.07) is 0. The molecular formula is C10H22OS. The topological polar surface area (TPSA) is 17.1 Å². The average Bonchev–Trinajstić information content (AvgIpc) is 2.03. The van der Waals surface area contributed by atoms with E-state index in [0.29, 0.717) is 5.25 Å². The van der Waals surface area contributed by atoms with E-state index in [1.54, 1.807) is 0 Å². The molecule has 0 saturated heterocycles. The zero-order valence-electron chi connectivity index (χ0n) is 8.64. The lowest BCUT2D eigenvalue weighted by Crippen LogP contribution is -2.09. The van der Waals surface area contributed by atoms with E-state index in [4.69, 9.17) is 0 Å². The summed E-state index contributed by atoms with van der Waals surface area (Å²) in [6.07, 6.45) is 6.32.